The minimum Gasteiger partial charge on any atom is -0.324 e. The van der Waals surface area contributed by atoms with Crippen molar-refractivity contribution < 1.29 is 12.8 Å². The van der Waals surface area contributed by atoms with Gasteiger partial charge in [-0.05, 0) is 23.3 Å². The SMILES string of the molecule is CN([C@H](c1ccccc1)c1ccc(F)cc1)S(=O)(=O)c1ncn(C)c1Cl. The van der Waals surface area contributed by atoms with Crippen LogP contribution in [-0.4, -0.2) is 29.3 Å². The number of hydrogen-bond acceptors (Lipinski definition) is 3. The van der Waals surface area contributed by atoms with Crippen LogP contribution in [0.4, 0.5) is 4.39 Å². The fraction of sp³-hybridized carbons (Fsp3) is 0.167. The van der Waals surface area contributed by atoms with Gasteiger partial charge in [-0.25, -0.2) is 17.8 Å². The number of sulfonamides is 1. The van der Waals surface area contributed by atoms with Crippen molar-refractivity contribution in [2.24, 2.45) is 7.05 Å². The van der Waals surface area contributed by atoms with Gasteiger partial charge in [0.25, 0.3) is 10.0 Å². The summed E-state index contributed by atoms with van der Waals surface area (Å²) in [5.41, 5.74) is 1.38. The first-order chi connectivity index (χ1) is 12.3. The van der Waals surface area contributed by atoms with Gasteiger partial charge in [0.15, 0.2) is 0 Å². The molecule has 0 spiro atoms. The predicted molar refractivity (Wildman–Crippen MR) is 97.9 cm³/mol. The number of nitrogens with zero attached hydrogens (tertiary/aromatic N) is 3. The van der Waals surface area contributed by atoms with E-state index in [9.17, 15) is 12.8 Å². The molecule has 3 rings (SSSR count). The maximum absolute atomic E-state index is 13.3. The minimum atomic E-state index is -3.98. The van der Waals surface area contributed by atoms with Crippen LogP contribution in [0.5, 0.6) is 0 Å². The Morgan fingerprint density at radius 1 is 1.08 bits per heavy atom. The van der Waals surface area contributed by atoms with E-state index in [4.69, 9.17) is 11.6 Å². The molecule has 0 radical (unpaired) electrons. The summed E-state index contributed by atoms with van der Waals surface area (Å²) >= 11 is 6.10. The number of aryl methyl sites for hydroxylation is 1. The second-order valence-electron chi connectivity index (χ2n) is 5.84. The van der Waals surface area contributed by atoms with Crippen LogP contribution in [0.2, 0.25) is 5.15 Å². The Labute approximate surface area is 156 Å². The van der Waals surface area contributed by atoms with E-state index in [1.54, 1.807) is 19.2 Å². The molecule has 8 heteroatoms. The van der Waals surface area contributed by atoms with Crippen molar-refractivity contribution in [3.8, 4) is 0 Å². The molecular formula is C18H17ClFN3O2S. The Morgan fingerprint density at radius 2 is 1.65 bits per heavy atom. The summed E-state index contributed by atoms with van der Waals surface area (Å²) in [5, 5.41) is -0.185. The first-order valence-corrected chi connectivity index (χ1v) is 9.59. The molecule has 0 aliphatic rings. The van der Waals surface area contributed by atoms with Crippen LogP contribution in [0.1, 0.15) is 17.2 Å². The average molecular weight is 394 g/mol. The smallest absolute Gasteiger partial charge is 0.264 e. The average Bonchev–Trinajstić information content (AvgIpc) is 2.97. The van der Waals surface area contributed by atoms with Crippen LogP contribution >= 0.6 is 11.6 Å². The zero-order valence-corrected chi connectivity index (χ0v) is 15.7. The van der Waals surface area contributed by atoms with E-state index in [2.05, 4.69) is 4.98 Å². The molecule has 0 saturated heterocycles. The van der Waals surface area contributed by atoms with Crippen molar-refractivity contribution in [1.29, 1.82) is 0 Å². The number of rotatable bonds is 5. The van der Waals surface area contributed by atoms with Crippen molar-refractivity contribution in [2.45, 2.75) is 11.1 Å². The number of aromatic nitrogens is 2. The molecule has 0 unspecified atom stereocenters. The van der Waals surface area contributed by atoms with E-state index in [0.717, 1.165) is 5.56 Å². The van der Waals surface area contributed by atoms with E-state index >= 15 is 0 Å². The second kappa shape index (κ2) is 7.19. The highest BCUT2D eigenvalue weighted by Gasteiger charge is 2.34. The molecule has 5 nitrogen and oxygen atoms in total. The van der Waals surface area contributed by atoms with E-state index in [-0.39, 0.29) is 16.0 Å². The van der Waals surface area contributed by atoms with Crippen molar-refractivity contribution >= 4 is 21.6 Å². The van der Waals surface area contributed by atoms with Crippen LogP contribution < -0.4 is 0 Å². The lowest BCUT2D eigenvalue weighted by Gasteiger charge is -2.28. The van der Waals surface area contributed by atoms with Gasteiger partial charge in [0.05, 0.1) is 12.4 Å². The topological polar surface area (TPSA) is 55.2 Å². The lowest BCUT2D eigenvalue weighted by molar-refractivity contribution is 0.416. The highest BCUT2D eigenvalue weighted by Crippen LogP contribution is 2.33. The summed E-state index contributed by atoms with van der Waals surface area (Å²) < 4.78 is 42.2. The van der Waals surface area contributed by atoms with E-state index in [1.165, 1.54) is 34.4 Å². The molecule has 0 aliphatic carbocycles. The molecule has 0 aliphatic heterocycles. The van der Waals surface area contributed by atoms with E-state index < -0.39 is 16.1 Å². The Morgan fingerprint density at radius 3 is 2.19 bits per heavy atom. The lowest BCUT2D eigenvalue weighted by atomic mass is 9.99. The number of halogens is 2. The van der Waals surface area contributed by atoms with E-state index in [0.29, 0.717) is 5.56 Å². The molecule has 1 aromatic heterocycles. The molecule has 2 aromatic carbocycles. The summed E-state index contributed by atoms with van der Waals surface area (Å²) in [6, 6.07) is 14.2. The molecule has 0 saturated carbocycles. The highest BCUT2D eigenvalue weighted by molar-refractivity contribution is 7.89. The zero-order valence-electron chi connectivity index (χ0n) is 14.2. The standard InChI is InChI=1S/C18H17ClFN3O2S/c1-22-12-21-18(17(22)19)26(24,25)23(2)16(13-6-4-3-5-7-13)14-8-10-15(20)11-9-14/h3-12,16H,1-2H3/t16-/m1/s1. The Hall–Kier alpha value is -2.22. The first kappa shape index (κ1) is 18.6. The summed E-state index contributed by atoms with van der Waals surface area (Å²) in [5.74, 6) is -0.390. The lowest BCUT2D eigenvalue weighted by Crippen LogP contribution is -2.32. The third kappa shape index (κ3) is 3.38. The predicted octanol–water partition coefficient (Wildman–Crippen LogP) is 3.62. The van der Waals surface area contributed by atoms with Gasteiger partial charge >= 0.3 is 0 Å². The maximum Gasteiger partial charge on any atom is 0.264 e. The normalized spacial score (nSPS) is 13.1. The van der Waals surface area contributed by atoms with Crippen LogP contribution in [-0.2, 0) is 17.1 Å². The summed E-state index contributed by atoms with van der Waals surface area (Å²) in [4.78, 5) is 3.93. The van der Waals surface area contributed by atoms with Gasteiger partial charge in [0.1, 0.15) is 11.0 Å². The first-order valence-electron chi connectivity index (χ1n) is 7.77. The Kier molecular flexibility index (Phi) is 5.13. The Balaban J connectivity index is 2.12. The van der Waals surface area contributed by atoms with Crippen molar-refractivity contribution in [3.63, 3.8) is 0 Å². The molecule has 136 valence electrons. The van der Waals surface area contributed by atoms with Gasteiger partial charge in [0, 0.05) is 14.1 Å². The molecule has 1 atom stereocenters. The Bertz CT molecular complexity index is 1000. The third-order valence-electron chi connectivity index (χ3n) is 4.12. The summed E-state index contributed by atoms with van der Waals surface area (Å²) in [7, 11) is -0.905. The quantitative estimate of drug-likeness (QED) is 0.665. The fourth-order valence-electron chi connectivity index (χ4n) is 2.73. The number of benzene rings is 2. The monoisotopic (exact) mass is 393 g/mol. The van der Waals surface area contributed by atoms with Crippen molar-refractivity contribution in [3.05, 3.63) is 83.0 Å². The zero-order chi connectivity index (χ0) is 18.9. The largest absolute Gasteiger partial charge is 0.324 e. The van der Waals surface area contributed by atoms with Gasteiger partial charge in [-0.15, -0.1) is 0 Å². The van der Waals surface area contributed by atoms with Gasteiger partial charge in [-0.1, -0.05) is 54.1 Å². The van der Waals surface area contributed by atoms with Crippen molar-refractivity contribution in [2.75, 3.05) is 7.05 Å². The minimum absolute atomic E-state index is 0.0303. The van der Waals surface area contributed by atoms with Crippen molar-refractivity contribution in [1.82, 2.24) is 13.9 Å². The number of hydrogen-bond donors (Lipinski definition) is 0. The van der Waals surface area contributed by atoms with Gasteiger partial charge < -0.3 is 4.57 Å². The molecule has 3 aromatic rings. The fourth-order valence-corrected chi connectivity index (χ4v) is 4.45. The van der Waals surface area contributed by atoms with Crippen LogP contribution in [0, 0.1) is 5.82 Å². The molecule has 1 heterocycles. The van der Waals surface area contributed by atoms with Crippen LogP contribution in [0.25, 0.3) is 0 Å². The molecule has 0 N–H and O–H groups in total. The number of imidazole rings is 1. The molecule has 0 bridgehead atoms. The third-order valence-corrected chi connectivity index (χ3v) is 6.44. The summed E-state index contributed by atoms with van der Waals surface area (Å²) in [6.07, 6.45) is 1.35. The molecule has 0 fully saturated rings. The van der Waals surface area contributed by atoms with Crippen LogP contribution in [0.3, 0.4) is 0 Å². The summed E-state index contributed by atoms with van der Waals surface area (Å²) in [6.45, 7) is 0. The van der Waals surface area contributed by atoms with E-state index in [1.807, 2.05) is 30.3 Å². The molecular weight excluding hydrogens is 377 g/mol. The second-order valence-corrected chi connectivity index (χ2v) is 8.11. The maximum atomic E-state index is 13.3. The molecule has 0 amide bonds. The van der Waals surface area contributed by atoms with Gasteiger partial charge in [-0.3, -0.25) is 0 Å². The van der Waals surface area contributed by atoms with Crippen LogP contribution in [0.15, 0.2) is 66.0 Å². The molecule has 26 heavy (non-hydrogen) atoms. The van der Waals surface area contributed by atoms with Gasteiger partial charge in [-0.2, -0.15) is 4.31 Å². The van der Waals surface area contributed by atoms with Gasteiger partial charge in [0.2, 0.25) is 5.03 Å². The highest BCUT2D eigenvalue weighted by atomic mass is 35.5.